The molecule has 0 fully saturated rings. The maximum Gasteiger partial charge on any atom is 0.338 e. The van der Waals surface area contributed by atoms with Gasteiger partial charge in [0.1, 0.15) is 0 Å². The van der Waals surface area contributed by atoms with Crippen LogP contribution in [0.25, 0.3) is 0 Å². The predicted octanol–water partition coefficient (Wildman–Crippen LogP) is 1.62. The maximum atomic E-state index is 11.5. The summed E-state index contributed by atoms with van der Waals surface area (Å²) in [6.07, 6.45) is 4.99. The van der Waals surface area contributed by atoms with Crippen LogP contribution in [-0.4, -0.2) is 26.2 Å². The van der Waals surface area contributed by atoms with Crippen molar-refractivity contribution < 1.29 is 19.1 Å². The van der Waals surface area contributed by atoms with Crippen LogP contribution in [0.15, 0.2) is 23.3 Å². The molecule has 0 atom stereocenters. The largest absolute Gasteiger partial charge is 0.465 e. The predicted molar refractivity (Wildman–Crippen MR) is 58.6 cm³/mol. The molecule has 0 bridgehead atoms. The molecule has 0 N–H and O–H groups in total. The van der Waals surface area contributed by atoms with Crippen LogP contribution in [0.4, 0.5) is 0 Å². The fourth-order valence-electron chi connectivity index (χ4n) is 1.56. The quantitative estimate of drug-likeness (QED) is 0.669. The second kappa shape index (κ2) is 5.49. The second-order valence-corrected chi connectivity index (χ2v) is 3.80. The van der Waals surface area contributed by atoms with Crippen LogP contribution < -0.4 is 0 Å². The lowest BCUT2D eigenvalue weighted by Gasteiger charge is -2.06. The van der Waals surface area contributed by atoms with E-state index >= 15 is 0 Å². The van der Waals surface area contributed by atoms with Crippen molar-refractivity contribution in [3.63, 3.8) is 0 Å². The average Bonchev–Trinajstić information content (AvgIpc) is 2.49. The molecule has 4 nitrogen and oxygen atoms in total. The molecule has 4 heteroatoms. The summed E-state index contributed by atoms with van der Waals surface area (Å²) in [5.74, 6) is -0.585. The van der Waals surface area contributed by atoms with E-state index in [2.05, 4.69) is 16.4 Å². The number of rotatable bonds is 2. The highest BCUT2D eigenvalue weighted by Crippen LogP contribution is 2.23. The smallest absolute Gasteiger partial charge is 0.338 e. The van der Waals surface area contributed by atoms with Crippen LogP contribution in [0.2, 0.25) is 0 Å². The first-order chi connectivity index (χ1) is 7.60. The van der Waals surface area contributed by atoms with Gasteiger partial charge in [0, 0.05) is 0 Å². The van der Waals surface area contributed by atoms with E-state index in [0.717, 1.165) is 12.8 Å². The summed E-state index contributed by atoms with van der Waals surface area (Å²) in [4.78, 5) is 23.0. The molecule has 0 aromatic rings. The van der Waals surface area contributed by atoms with Gasteiger partial charge in [-0.05, 0) is 18.8 Å². The highest BCUT2D eigenvalue weighted by molar-refractivity contribution is 6.06. The maximum absolute atomic E-state index is 11.5. The van der Waals surface area contributed by atoms with Crippen LogP contribution in [-0.2, 0) is 19.1 Å². The minimum atomic E-state index is -0.495. The van der Waals surface area contributed by atoms with E-state index in [1.807, 2.05) is 0 Å². The van der Waals surface area contributed by atoms with Crippen molar-refractivity contribution in [3.8, 4) is 0 Å². The molecule has 0 saturated carbocycles. The molecule has 0 saturated heterocycles. The zero-order valence-corrected chi connectivity index (χ0v) is 9.78. The number of hydrogen-bond acceptors (Lipinski definition) is 4. The van der Waals surface area contributed by atoms with E-state index in [-0.39, 0.29) is 0 Å². The van der Waals surface area contributed by atoms with E-state index < -0.39 is 11.9 Å². The summed E-state index contributed by atoms with van der Waals surface area (Å²) in [7, 11) is 2.60. The Morgan fingerprint density at radius 2 is 1.44 bits per heavy atom. The SMILES string of the molecule is COC(=O)C1=CCC(C)CC=C1C(=O)OC. The molecule has 0 aliphatic heterocycles. The zero-order chi connectivity index (χ0) is 12.1. The molecular formula is C12H16O4. The third-order valence-electron chi connectivity index (χ3n) is 2.55. The number of ether oxygens (including phenoxy) is 2. The van der Waals surface area contributed by atoms with Gasteiger partial charge in [-0.3, -0.25) is 0 Å². The third-order valence-corrected chi connectivity index (χ3v) is 2.55. The fraction of sp³-hybridized carbons (Fsp3) is 0.500. The zero-order valence-electron chi connectivity index (χ0n) is 9.78. The average molecular weight is 224 g/mol. The van der Waals surface area contributed by atoms with Gasteiger partial charge in [-0.2, -0.15) is 0 Å². The monoisotopic (exact) mass is 224 g/mol. The Morgan fingerprint density at radius 1 is 1.06 bits per heavy atom. The Balaban J connectivity index is 3.06. The van der Waals surface area contributed by atoms with Gasteiger partial charge in [-0.1, -0.05) is 19.1 Å². The molecule has 0 heterocycles. The summed E-state index contributed by atoms with van der Waals surface area (Å²) < 4.78 is 9.30. The number of hydrogen-bond donors (Lipinski definition) is 0. The van der Waals surface area contributed by atoms with Crippen molar-refractivity contribution in [2.45, 2.75) is 19.8 Å². The molecule has 1 aliphatic carbocycles. The molecule has 0 radical (unpaired) electrons. The Kier molecular flexibility index (Phi) is 4.28. The van der Waals surface area contributed by atoms with E-state index in [4.69, 9.17) is 0 Å². The number of carbonyl (C=O) groups is 2. The topological polar surface area (TPSA) is 52.6 Å². The van der Waals surface area contributed by atoms with Crippen LogP contribution >= 0.6 is 0 Å². The Bertz CT molecular complexity index is 318. The Hall–Kier alpha value is -1.58. The lowest BCUT2D eigenvalue weighted by molar-refractivity contribution is -0.139. The molecule has 0 spiro atoms. The lowest BCUT2D eigenvalue weighted by atomic mass is 10.1. The van der Waals surface area contributed by atoms with E-state index in [0.29, 0.717) is 17.1 Å². The van der Waals surface area contributed by atoms with Crippen LogP contribution in [0.5, 0.6) is 0 Å². The van der Waals surface area contributed by atoms with Gasteiger partial charge in [0.15, 0.2) is 0 Å². The van der Waals surface area contributed by atoms with Crippen LogP contribution in [0.1, 0.15) is 19.8 Å². The molecule has 0 aromatic heterocycles. The highest BCUT2D eigenvalue weighted by Gasteiger charge is 2.24. The Morgan fingerprint density at radius 3 is 1.75 bits per heavy atom. The van der Waals surface area contributed by atoms with Crippen molar-refractivity contribution in [1.82, 2.24) is 0 Å². The lowest BCUT2D eigenvalue weighted by Crippen LogP contribution is -2.14. The van der Waals surface area contributed by atoms with Crippen molar-refractivity contribution in [2.75, 3.05) is 14.2 Å². The number of esters is 2. The second-order valence-electron chi connectivity index (χ2n) is 3.80. The van der Waals surface area contributed by atoms with Gasteiger partial charge in [0.05, 0.1) is 25.4 Å². The molecule has 88 valence electrons. The summed E-state index contributed by atoms with van der Waals surface area (Å²) in [6.45, 7) is 2.06. The standard InChI is InChI=1S/C12H16O4/c1-8-4-6-9(11(13)15-2)10(7-5-8)12(14)16-3/h6-8H,4-5H2,1-3H3. The van der Waals surface area contributed by atoms with Crippen molar-refractivity contribution >= 4 is 11.9 Å². The molecule has 16 heavy (non-hydrogen) atoms. The first-order valence-electron chi connectivity index (χ1n) is 5.17. The normalized spacial score (nSPS) is 16.9. The molecular weight excluding hydrogens is 208 g/mol. The summed E-state index contributed by atoms with van der Waals surface area (Å²) in [5, 5.41) is 0. The number of methoxy groups -OCH3 is 2. The minimum absolute atomic E-state index is 0.304. The first kappa shape index (κ1) is 12.5. The van der Waals surface area contributed by atoms with Crippen LogP contribution in [0, 0.1) is 5.92 Å². The van der Waals surface area contributed by atoms with Gasteiger partial charge in [-0.25, -0.2) is 9.59 Å². The number of allylic oxidation sites excluding steroid dienone is 2. The summed E-state index contributed by atoms with van der Waals surface area (Å²) in [6, 6.07) is 0. The third kappa shape index (κ3) is 2.72. The van der Waals surface area contributed by atoms with E-state index in [1.54, 1.807) is 12.2 Å². The van der Waals surface area contributed by atoms with Gasteiger partial charge in [-0.15, -0.1) is 0 Å². The van der Waals surface area contributed by atoms with E-state index in [9.17, 15) is 9.59 Å². The number of carbonyl (C=O) groups excluding carboxylic acids is 2. The summed E-state index contributed by atoms with van der Waals surface area (Å²) >= 11 is 0. The van der Waals surface area contributed by atoms with Crippen molar-refractivity contribution in [1.29, 1.82) is 0 Å². The molecule has 0 amide bonds. The van der Waals surface area contributed by atoms with Gasteiger partial charge in [0.2, 0.25) is 0 Å². The highest BCUT2D eigenvalue weighted by atomic mass is 16.5. The van der Waals surface area contributed by atoms with E-state index in [1.165, 1.54) is 14.2 Å². The molecule has 0 unspecified atom stereocenters. The first-order valence-corrected chi connectivity index (χ1v) is 5.17. The Labute approximate surface area is 94.9 Å². The van der Waals surface area contributed by atoms with Crippen molar-refractivity contribution in [2.24, 2.45) is 5.92 Å². The fourth-order valence-corrected chi connectivity index (χ4v) is 1.56. The van der Waals surface area contributed by atoms with Crippen molar-refractivity contribution in [3.05, 3.63) is 23.3 Å². The van der Waals surface area contributed by atoms with Gasteiger partial charge >= 0.3 is 11.9 Å². The van der Waals surface area contributed by atoms with Gasteiger partial charge in [0.25, 0.3) is 0 Å². The molecule has 1 rings (SSSR count). The molecule has 1 aliphatic rings. The minimum Gasteiger partial charge on any atom is -0.465 e. The van der Waals surface area contributed by atoms with Gasteiger partial charge < -0.3 is 9.47 Å². The van der Waals surface area contributed by atoms with Crippen LogP contribution in [0.3, 0.4) is 0 Å². The summed E-state index contributed by atoms with van der Waals surface area (Å²) in [5.41, 5.74) is 0.609. The molecule has 0 aromatic carbocycles.